The first kappa shape index (κ1) is 40.0. The molecule has 0 N–H and O–H groups in total. The van der Waals surface area contributed by atoms with E-state index in [-0.39, 0.29) is 0 Å². The molecule has 0 spiro atoms. The lowest BCUT2D eigenvalue weighted by Gasteiger charge is -2.44. The number of rotatable bonds is 8. The summed E-state index contributed by atoms with van der Waals surface area (Å²) in [4.78, 5) is 13.0. The van der Waals surface area contributed by atoms with Gasteiger partial charge in [-0.05, 0) is 84.0 Å². The third kappa shape index (κ3) is 5.92. The molecule has 0 bridgehead atoms. The molecule has 0 amide bonds. The number of furan rings is 1. The summed E-state index contributed by atoms with van der Waals surface area (Å²) in [6.45, 7) is 0. The molecular formula is C61H44N4OSi2. The SMILES string of the molecule is Cn1c(-c2cccc([Si](c3ccccc3)(c3ccccc3)c3cccc(N4c5cc6oc7ccccc7c6cc5[Si](c5ccccc5)(c5ccccc5)c5cccnc54)c3)c2)nc2ccccc21. The van der Waals surface area contributed by atoms with Crippen molar-refractivity contribution >= 4 is 108 Å². The summed E-state index contributed by atoms with van der Waals surface area (Å²) in [6, 6.07) is 89.2. The highest BCUT2D eigenvalue weighted by Crippen LogP contribution is 2.41. The summed E-state index contributed by atoms with van der Waals surface area (Å²) in [5.74, 6) is 1.88. The van der Waals surface area contributed by atoms with Crippen molar-refractivity contribution in [2.75, 3.05) is 4.90 Å². The smallest absolute Gasteiger partial charge is 0.186 e. The zero-order valence-corrected chi connectivity index (χ0v) is 39.4. The van der Waals surface area contributed by atoms with E-state index in [0.717, 1.165) is 61.6 Å². The van der Waals surface area contributed by atoms with Gasteiger partial charge in [-0.1, -0.05) is 194 Å². The molecule has 0 unspecified atom stereocenters. The van der Waals surface area contributed by atoms with E-state index >= 15 is 0 Å². The number of hydrogen-bond donors (Lipinski definition) is 0. The number of para-hydroxylation sites is 3. The van der Waals surface area contributed by atoms with E-state index in [4.69, 9.17) is 14.4 Å². The van der Waals surface area contributed by atoms with Crippen molar-refractivity contribution in [3.8, 4) is 11.4 Å². The fourth-order valence-corrected chi connectivity index (χ4v) is 21.2. The number of pyridine rings is 1. The van der Waals surface area contributed by atoms with Crippen LogP contribution in [0.4, 0.5) is 17.2 Å². The van der Waals surface area contributed by atoms with Gasteiger partial charge in [0.25, 0.3) is 0 Å². The average molecular weight is 905 g/mol. The summed E-state index contributed by atoms with van der Waals surface area (Å²) >= 11 is 0. The lowest BCUT2D eigenvalue weighted by molar-refractivity contribution is 0.669. The maximum atomic E-state index is 6.77. The number of benzene rings is 9. The van der Waals surface area contributed by atoms with Crippen LogP contribution in [0.3, 0.4) is 0 Å². The molecular weight excluding hydrogens is 861 g/mol. The molecule has 9 aromatic carbocycles. The molecule has 322 valence electrons. The van der Waals surface area contributed by atoms with Gasteiger partial charge in [0.2, 0.25) is 0 Å². The summed E-state index contributed by atoms with van der Waals surface area (Å²) in [5.41, 5.74) is 7.03. The Kier molecular flexibility index (Phi) is 9.35. The van der Waals surface area contributed by atoms with Crippen molar-refractivity contribution in [2.45, 2.75) is 0 Å². The van der Waals surface area contributed by atoms with Crippen LogP contribution in [0.25, 0.3) is 44.4 Å². The topological polar surface area (TPSA) is 47.1 Å². The maximum Gasteiger partial charge on any atom is 0.186 e. The van der Waals surface area contributed by atoms with Crippen molar-refractivity contribution < 1.29 is 4.42 Å². The van der Waals surface area contributed by atoms with Crippen LogP contribution in [-0.2, 0) is 7.05 Å². The van der Waals surface area contributed by atoms with Crippen molar-refractivity contribution in [3.63, 3.8) is 0 Å². The van der Waals surface area contributed by atoms with Gasteiger partial charge in [-0.15, -0.1) is 0 Å². The number of aromatic nitrogens is 3. The van der Waals surface area contributed by atoms with Crippen LogP contribution in [0, 0.1) is 0 Å². The zero-order valence-electron chi connectivity index (χ0n) is 37.4. The molecule has 0 radical (unpaired) electrons. The minimum absolute atomic E-state index is 0.852. The lowest BCUT2D eigenvalue weighted by atomic mass is 10.1. The van der Waals surface area contributed by atoms with Crippen LogP contribution in [0.1, 0.15) is 0 Å². The predicted molar refractivity (Wildman–Crippen MR) is 287 cm³/mol. The van der Waals surface area contributed by atoms with E-state index in [9.17, 15) is 0 Å². The molecule has 1 aliphatic heterocycles. The van der Waals surface area contributed by atoms with E-state index < -0.39 is 16.1 Å². The van der Waals surface area contributed by atoms with Gasteiger partial charge in [0, 0.05) is 41.3 Å². The van der Waals surface area contributed by atoms with Crippen molar-refractivity contribution in [1.29, 1.82) is 0 Å². The fraction of sp³-hybridized carbons (Fsp3) is 0.0164. The third-order valence-electron chi connectivity index (χ3n) is 14.2. The first-order chi connectivity index (χ1) is 33.6. The van der Waals surface area contributed by atoms with Crippen LogP contribution >= 0.6 is 0 Å². The van der Waals surface area contributed by atoms with E-state index in [1.54, 1.807) is 0 Å². The first-order valence-electron chi connectivity index (χ1n) is 23.2. The second-order valence-electron chi connectivity index (χ2n) is 17.8. The minimum Gasteiger partial charge on any atom is -0.456 e. The first-order valence-corrected chi connectivity index (χ1v) is 27.2. The van der Waals surface area contributed by atoms with Crippen molar-refractivity contribution in [3.05, 3.63) is 249 Å². The molecule has 0 saturated heterocycles. The monoisotopic (exact) mass is 904 g/mol. The highest BCUT2D eigenvalue weighted by molar-refractivity contribution is 7.21. The van der Waals surface area contributed by atoms with E-state index in [1.807, 2.05) is 6.20 Å². The van der Waals surface area contributed by atoms with Gasteiger partial charge in [-0.25, -0.2) is 9.97 Å². The second kappa shape index (κ2) is 15.9. The van der Waals surface area contributed by atoms with Gasteiger partial charge in [0.15, 0.2) is 16.1 Å². The summed E-state index contributed by atoms with van der Waals surface area (Å²) in [7, 11) is -4.01. The Morgan fingerprint density at radius 2 is 1.07 bits per heavy atom. The quantitative estimate of drug-likeness (QED) is 0.113. The normalized spacial score (nSPS) is 13.2. The molecule has 3 aromatic heterocycles. The maximum absolute atomic E-state index is 6.77. The Morgan fingerprint density at radius 3 is 1.78 bits per heavy atom. The largest absolute Gasteiger partial charge is 0.456 e. The second-order valence-corrected chi connectivity index (χ2v) is 25.3. The van der Waals surface area contributed by atoms with Crippen molar-refractivity contribution in [2.24, 2.45) is 7.05 Å². The minimum atomic E-state index is -3.09. The molecule has 13 rings (SSSR count). The molecule has 68 heavy (non-hydrogen) atoms. The molecule has 5 nitrogen and oxygen atoms in total. The van der Waals surface area contributed by atoms with Crippen LogP contribution in [0.2, 0.25) is 0 Å². The van der Waals surface area contributed by atoms with Gasteiger partial charge in [0.1, 0.15) is 22.8 Å². The Hall–Kier alpha value is -8.37. The van der Waals surface area contributed by atoms with Crippen LogP contribution < -0.4 is 46.4 Å². The Balaban J connectivity index is 1.11. The molecule has 7 heteroatoms. The molecule has 0 fully saturated rings. The standard InChI is InChI=1S/C61H44N4OSi2/c1-64-54-35-16-15-34-53(54)63-60(64)43-21-18-31-49(39-43)67(45-23-6-2-7-24-45,46-25-8-3-9-26-46)50-32-19-22-44(40-50)65-55-42-57-52(51-33-14-17-36-56(51)66-57)41-59(55)68(47-27-10-4-11-28-47,48-29-12-5-13-30-48)58-37-20-38-62-61(58)65/h2-42H,1H3. The average Bonchev–Trinajstić information content (AvgIpc) is 3.95. The van der Waals surface area contributed by atoms with Crippen LogP contribution in [0.15, 0.2) is 253 Å². The number of nitrogens with zero attached hydrogens (tertiary/aromatic N) is 4. The molecule has 0 atom stereocenters. The van der Waals surface area contributed by atoms with Gasteiger partial charge in [-0.2, -0.15) is 0 Å². The number of imidazole rings is 1. The number of hydrogen-bond acceptors (Lipinski definition) is 4. The van der Waals surface area contributed by atoms with Gasteiger partial charge in [0.05, 0.1) is 16.7 Å². The van der Waals surface area contributed by atoms with Crippen molar-refractivity contribution in [1.82, 2.24) is 14.5 Å². The van der Waals surface area contributed by atoms with E-state index in [2.05, 4.69) is 259 Å². The van der Waals surface area contributed by atoms with Crippen LogP contribution in [-0.4, -0.2) is 30.7 Å². The zero-order chi connectivity index (χ0) is 45.2. The van der Waals surface area contributed by atoms with Gasteiger partial charge >= 0.3 is 0 Å². The summed E-state index contributed by atoms with van der Waals surface area (Å²) < 4.78 is 8.98. The fourth-order valence-electron chi connectivity index (χ4n) is 11.3. The van der Waals surface area contributed by atoms with E-state index in [1.165, 1.54) is 41.5 Å². The molecule has 4 heterocycles. The number of anilines is 3. The Bertz CT molecular complexity index is 3750. The highest BCUT2D eigenvalue weighted by atomic mass is 28.3. The summed E-state index contributed by atoms with van der Waals surface area (Å²) in [5, 5.41) is 12.5. The predicted octanol–water partition coefficient (Wildman–Crippen LogP) is 9.07. The summed E-state index contributed by atoms with van der Waals surface area (Å²) in [6.07, 6.45) is 1.95. The molecule has 1 aliphatic rings. The number of fused-ring (bicyclic) bond motifs is 6. The van der Waals surface area contributed by atoms with E-state index in [0.29, 0.717) is 0 Å². The van der Waals surface area contributed by atoms with Gasteiger partial charge in [-0.3, -0.25) is 4.90 Å². The molecule has 12 aromatic rings. The van der Waals surface area contributed by atoms with Crippen LogP contribution in [0.5, 0.6) is 0 Å². The highest BCUT2D eigenvalue weighted by Gasteiger charge is 2.50. The third-order valence-corrected chi connectivity index (χ3v) is 23.8. The Morgan fingerprint density at radius 1 is 0.471 bits per heavy atom. The Labute approximate surface area is 396 Å². The van der Waals surface area contributed by atoms with Gasteiger partial charge < -0.3 is 8.98 Å². The molecule has 0 aliphatic carbocycles. The molecule has 0 saturated carbocycles. The lowest BCUT2D eigenvalue weighted by Crippen LogP contribution is -2.77. The number of aryl methyl sites for hydroxylation is 1.